The van der Waals surface area contributed by atoms with Crippen LogP contribution in [0.4, 0.5) is 0 Å². The Kier molecular flexibility index (Phi) is 5.68. The lowest BCUT2D eigenvalue weighted by atomic mass is 9.98. The lowest BCUT2D eigenvalue weighted by Crippen LogP contribution is -2.42. The van der Waals surface area contributed by atoms with Crippen LogP contribution in [-0.2, 0) is 10.2 Å². The predicted octanol–water partition coefficient (Wildman–Crippen LogP) is 0.162. The molecular weight excluding hydrogens is 226 g/mol. The molecule has 0 aliphatic carbocycles. The van der Waals surface area contributed by atoms with Gasteiger partial charge in [0, 0.05) is 20.1 Å². The summed E-state index contributed by atoms with van der Waals surface area (Å²) in [5.74, 6) is 0.490. The fourth-order valence-electron chi connectivity index (χ4n) is 1.87. The molecule has 0 atom stereocenters. The fourth-order valence-corrected chi connectivity index (χ4v) is 2.96. The molecule has 1 aliphatic rings. The van der Waals surface area contributed by atoms with Crippen LogP contribution < -0.4 is 10.0 Å². The van der Waals surface area contributed by atoms with Crippen LogP contribution in [0.1, 0.15) is 26.2 Å². The highest BCUT2D eigenvalue weighted by Gasteiger charge is 2.22. The number of hydrogen-bond acceptors (Lipinski definition) is 3. The van der Waals surface area contributed by atoms with Gasteiger partial charge in [-0.05, 0) is 38.3 Å². The summed E-state index contributed by atoms with van der Waals surface area (Å²) in [6.07, 6.45) is 2.95. The molecule has 1 aliphatic heterocycles. The standard InChI is InChI=1S/C10H23N3O2S/c1-3-6-12-16(14,15)13(2)9-10-4-7-11-8-5-10/h10-12H,3-9H2,1-2H3. The fraction of sp³-hybridized carbons (Fsp3) is 1.00. The van der Waals surface area contributed by atoms with Crippen LogP contribution in [0.25, 0.3) is 0 Å². The summed E-state index contributed by atoms with van der Waals surface area (Å²) < 4.78 is 27.5. The smallest absolute Gasteiger partial charge is 0.279 e. The van der Waals surface area contributed by atoms with Gasteiger partial charge in [-0.25, -0.2) is 4.72 Å². The van der Waals surface area contributed by atoms with Gasteiger partial charge in [-0.15, -0.1) is 0 Å². The first-order chi connectivity index (χ1) is 7.56. The van der Waals surface area contributed by atoms with Crippen molar-refractivity contribution in [2.75, 3.05) is 33.2 Å². The van der Waals surface area contributed by atoms with E-state index in [1.54, 1.807) is 7.05 Å². The quantitative estimate of drug-likeness (QED) is 0.705. The van der Waals surface area contributed by atoms with Crippen molar-refractivity contribution in [3.8, 4) is 0 Å². The molecule has 1 heterocycles. The van der Waals surface area contributed by atoms with Crippen molar-refractivity contribution in [1.29, 1.82) is 0 Å². The summed E-state index contributed by atoms with van der Waals surface area (Å²) in [4.78, 5) is 0. The molecule has 5 nitrogen and oxygen atoms in total. The number of nitrogens with zero attached hydrogens (tertiary/aromatic N) is 1. The first-order valence-electron chi connectivity index (χ1n) is 5.98. The van der Waals surface area contributed by atoms with Gasteiger partial charge in [0.2, 0.25) is 0 Å². The third-order valence-corrected chi connectivity index (χ3v) is 4.46. The third kappa shape index (κ3) is 4.37. The Labute approximate surface area is 98.8 Å². The minimum atomic E-state index is -3.26. The molecule has 96 valence electrons. The SMILES string of the molecule is CCCNS(=O)(=O)N(C)CC1CCNCC1. The van der Waals surface area contributed by atoms with Crippen LogP contribution in [0.15, 0.2) is 0 Å². The van der Waals surface area contributed by atoms with E-state index in [-0.39, 0.29) is 0 Å². The first kappa shape index (κ1) is 13.9. The Morgan fingerprint density at radius 3 is 2.56 bits per heavy atom. The highest BCUT2D eigenvalue weighted by molar-refractivity contribution is 7.87. The van der Waals surface area contributed by atoms with Gasteiger partial charge in [-0.3, -0.25) is 0 Å². The van der Waals surface area contributed by atoms with Gasteiger partial charge in [0.15, 0.2) is 0 Å². The number of hydrogen-bond donors (Lipinski definition) is 2. The highest BCUT2D eigenvalue weighted by Crippen LogP contribution is 2.13. The van der Waals surface area contributed by atoms with Gasteiger partial charge in [0.1, 0.15) is 0 Å². The number of nitrogens with one attached hydrogen (secondary N) is 2. The van der Waals surface area contributed by atoms with E-state index in [4.69, 9.17) is 0 Å². The zero-order chi connectivity index (χ0) is 12.0. The maximum absolute atomic E-state index is 11.8. The molecule has 0 saturated carbocycles. The van der Waals surface area contributed by atoms with Crippen molar-refractivity contribution in [1.82, 2.24) is 14.3 Å². The monoisotopic (exact) mass is 249 g/mol. The summed E-state index contributed by atoms with van der Waals surface area (Å²) in [5.41, 5.74) is 0. The molecule has 0 bridgehead atoms. The normalized spacial score (nSPS) is 19.2. The minimum absolute atomic E-state index is 0.490. The van der Waals surface area contributed by atoms with E-state index >= 15 is 0 Å². The van der Waals surface area contributed by atoms with Gasteiger partial charge >= 0.3 is 0 Å². The molecule has 6 heteroatoms. The minimum Gasteiger partial charge on any atom is -0.317 e. The zero-order valence-electron chi connectivity index (χ0n) is 10.2. The van der Waals surface area contributed by atoms with Crippen molar-refractivity contribution in [2.24, 2.45) is 5.92 Å². The van der Waals surface area contributed by atoms with Crippen LogP contribution in [0.3, 0.4) is 0 Å². The maximum Gasteiger partial charge on any atom is 0.279 e. The molecule has 2 N–H and O–H groups in total. The van der Waals surface area contributed by atoms with Gasteiger partial charge < -0.3 is 5.32 Å². The Balaban J connectivity index is 2.40. The van der Waals surface area contributed by atoms with Crippen molar-refractivity contribution in [3.63, 3.8) is 0 Å². The lowest BCUT2D eigenvalue weighted by Gasteiger charge is -2.27. The van der Waals surface area contributed by atoms with E-state index in [1.807, 2.05) is 6.92 Å². The second kappa shape index (κ2) is 6.54. The predicted molar refractivity (Wildman–Crippen MR) is 65.4 cm³/mol. The Hall–Kier alpha value is -0.170. The summed E-state index contributed by atoms with van der Waals surface area (Å²) in [6, 6.07) is 0. The molecule has 0 aromatic rings. The highest BCUT2D eigenvalue weighted by atomic mass is 32.2. The third-order valence-electron chi connectivity index (χ3n) is 2.92. The van der Waals surface area contributed by atoms with Crippen LogP contribution in [0.2, 0.25) is 0 Å². The Morgan fingerprint density at radius 1 is 1.38 bits per heavy atom. The summed E-state index contributed by atoms with van der Waals surface area (Å²) >= 11 is 0. The van der Waals surface area contributed by atoms with Crippen molar-refractivity contribution in [3.05, 3.63) is 0 Å². The molecule has 0 spiro atoms. The van der Waals surface area contributed by atoms with Crippen LogP contribution in [-0.4, -0.2) is 45.9 Å². The first-order valence-corrected chi connectivity index (χ1v) is 7.42. The van der Waals surface area contributed by atoms with Crippen molar-refractivity contribution < 1.29 is 8.42 Å². The van der Waals surface area contributed by atoms with E-state index in [0.717, 1.165) is 32.4 Å². The second-order valence-corrected chi connectivity index (χ2v) is 6.24. The van der Waals surface area contributed by atoms with E-state index < -0.39 is 10.2 Å². The molecular formula is C10H23N3O2S. The Bertz CT molecular complexity index is 286. The van der Waals surface area contributed by atoms with Gasteiger partial charge in [0.25, 0.3) is 10.2 Å². The average molecular weight is 249 g/mol. The molecule has 1 saturated heterocycles. The maximum atomic E-state index is 11.8. The van der Waals surface area contributed by atoms with Crippen molar-refractivity contribution >= 4 is 10.2 Å². The summed E-state index contributed by atoms with van der Waals surface area (Å²) in [7, 11) is -1.61. The molecule has 1 fully saturated rings. The second-order valence-electron chi connectivity index (χ2n) is 4.37. The van der Waals surface area contributed by atoms with E-state index in [0.29, 0.717) is 19.0 Å². The molecule has 0 aromatic heterocycles. The van der Waals surface area contributed by atoms with Gasteiger partial charge in [-0.1, -0.05) is 6.92 Å². The molecule has 0 radical (unpaired) electrons. The van der Waals surface area contributed by atoms with Gasteiger partial charge in [0.05, 0.1) is 0 Å². The Morgan fingerprint density at radius 2 is 2.00 bits per heavy atom. The van der Waals surface area contributed by atoms with E-state index in [1.165, 1.54) is 4.31 Å². The van der Waals surface area contributed by atoms with Crippen LogP contribution >= 0.6 is 0 Å². The molecule has 1 rings (SSSR count). The molecule has 0 aromatic carbocycles. The van der Waals surface area contributed by atoms with E-state index in [9.17, 15) is 8.42 Å². The summed E-state index contributed by atoms with van der Waals surface area (Å²) in [6.45, 7) is 5.09. The average Bonchev–Trinajstić information content (AvgIpc) is 2.28. The van der Waals surface area contributed by atoms with Crippen molar-refractivity contribution in [2.45, 2.75) is 26.2 Å². The van der Waals surface area contributed by atoms with Crippen LogP contribution in [0.5, 0.6) is 0 Å². The summed E-state index contributed by atoms with van der Waals surface area (Å²) in [5, 5.41) is 3.28. The van der Waals surface area contributed by atoms with Gasteiger partial charge in [-0.2, -0.15) is 12.7 Å². The lowest BCUT2D eigenvalue weighted by molar-refractivity contribution is 0.309. The zero-order valence-corrected chi connectivity index (χ0v) is 11.0. The number of piperidine rings is 1. The number of rotatable bonds is 6. The van der Waals surface area contributed by atoms with Crippen LogP contribution in [0, 0.1) is 5.92 Å². The molecule has 0 amide bonds. The van der Waals surface area contributed by atoms with E-state index in [2.05, 4.69) is 10.0 Å². The largest absolute Gasteiger partial charge is 0.317 e. The molecule has 0 unspecified atom stereocenters. The topological polar surface area (TPSA) is 61.4 Å². The molecule has 16 heavy (non-hydrogen) atoms.